The molecule has 6 nitrogen and oxygen atoms in total. The van der Waals surface area contributed by atoms with Gasteiger partial charge in [-0.25, -0.2) is 4.79 Å². The molecule has 1 aliphatic heterocycles. The van der Waals surface area contributed by atoms with Gasteiger partial charge in [-0.1, -0.05) is 13.8 Å². The zero-order valence-corrected chi connectivity index (χ0v) is 12.2. The second kappa shape index (κ2) is 5.31. The third-order valence-electron chi connectivity index (χ3n) is 5.03. The van der Waals surface area contributed by atoms with E-state index in [1.807, 2.05) is 6.92 Å². The SMILES string of the molecule is CCC(C)C(=O)OCC(=O)OC1C2CC3C(=O)OC1C3C2. The molecule has 0 aromatic rings. The van der Waals surface area contributed by atoms with Crippen LogP contribution < -0.4 is 0 Å². The van der Waals surface area contributed by atoms with Crippen molar-refractivity contribution >= 4 is 17.9 Å². The molecule has 1 saturated heterocycles. The first-order valence-corrected chi connectivity index (χ1v) is 7.57. The summed E-state index contributed by atoms with van der Waals surface area (Å²) in [5.74, 6) is -0.948. The van der Waals surface area contributed by atoms with Crippen LogP contribution in [0.25, 0.3) is 0 Å². The van der Waals surface area contributed by atoms with Crippen molar-refractivity contribution in [3.63, 3.8) is 0 Å². The van der Waals surface area contributed by atoms with Gasteiger partial charge in [-0.3, -0.25) is 9.59 Å². The van der Waals surface area contributed by atoms with Gasteiger partial charge in [0.25, 0.3) is 0 Å². The maximum Gasteiger partial charge on any atom is 0.344 e. The van der Waals surface area contributed by atoms with E-state index in [1.165, 1.54) is 0 Å². The largest absolute Gasteiger partial charge is 0.458 e. The van der Waals surface area contributed by atoms with Gasteiger partial charge in [-0.15, -0.1) is 0 Å². The van der Waals surface area contributed by atoms with Crippen LogP contribution in [0.15, 0.2) is 0 Å². The standard InChI is InChI=1S/C15H20O6/c1-3-7(2)14(17)19-6-11(16)20-12-8-4-9-10(5-8)15(18)21-13(9)12/h7-10,12-13H,3-6H2,1-2H3. The van der Waals surface area contributed by atoms with E-state index in [0.29, 0.717) is 6.42 Å². The molecule has 0 N–H and O–H groups in total. The van der Waals surface area contributed by atoms with Crippen molar-refractivity contribution in [2.45, 2.75) is 45.3 Å². The van der Waals surface area contributed by atoms with Gasteiger partial charge in [0.15, 0.2) is 6.61 Å². The van der Waals surface area contributed by atoms with Gasteiger partial charge in [-0.05, 0) is 19.3 Å². The van der Waals surface area contributed by atoms with Gasteiger partial charge in [0.1, 0.15) is 12.2 Å². The number of hydrogen-bond donors (Lipinski definition) is 0. The lowest BCUT2D eigenvalue weighted by Gasteiger charge is -2.25. The van der Waals surface area contributed by atoms with Crippen LogP contribution >= 0.6 is 0 Å². The molecule has 0 aromatic carbocycles. The Hall–Kier alpha value is -1.59. The number of rotatable bonds is 5. The van der Waals surface area contributed by atoms with Crippen LogP contribution in [0.2, 0.25) is 0 Å². The molecule has 0 aromatic heterocycles. The molecule has 2 aliphatic carbocycles. The fourth-order valence-corrected chi connectivity index (χ4v) is 3.69. The quantitative estimate of drug-likeness (QED) is 0.558. The van der Waals surface area contributed by atoms with Crippen molar-refractivity contribution in [2.75, 3.05) is 6.61 Å². The molecule has 21 heavy (non-hydrogen) atoms. The molecule has 116 valence electrons. The van der Waals surface area contributed by atoms with E-state index < -0.39 is 11.9 Å². The fraction of sp³-hybridized carbons (Fsp3) is 0.800. The fourth-order valence-electron chi connectivity index (χ4n) is 3.69. The van der Waals surface area contributed by atoms with E-state index in [2.05, 4.69) is 0 Å². The smallest absolute Gasteiger partial charge is 0.344 e. The predicted molar refractivity (Wildman–Crippen MR) is 69.9 cm³/mol. The molecule has 2 bridgehead atoms. The third kappa shape index (κ3) is 2.40. The lowest BCUT2D eigenvalue weighted by atomic mass is 9.88. The second-order valence-electron chi connectivity index (χ2n) is 6.27. The molecule has 3 aliphatic rings. The molecule has 0 radical (unpaired) electrons. The van der Waals surface area contributed by atoms with Gasteiger partial charge in [0, 0.05) is 11.8 Å². The number of carbonyl (C=O) groups excluding carboxylic acids is 3. The summed E-state index contributed by atoms with van der Waals surface area (Å²) < 4.78 is 15.6. The molecule has 1 heterocycles. The highest BCUT2D eigenvalue weighted by molar-refractivity contribution is 5.79. The van der Waals surface area contributed by atoms with Crippen LogP contribution in [0.1, 0.15) is 33.1 Å². The first kappa shape index (κ1) is 14.4. The van der Waals surface area contributed by atoms with E-state index in [1.54, 1.807) is 6.92 Å². The minimum atomic E-state index is -0.566. The Bertz CT molecular complexity index is 473. The van der Waals surface area contributed by atoms with Crippen molar-refractivity contribution in [2.24, 2.45) is 23.7 Å². The van der Waals surface area contributed by atoms with E-state index >= 15 is 0 Å². The Labute approximate surface area is 123 Å². The highest BCUT2D eigenvalue weighted by Crippen LogP contribution is 2.55. The normalized spacial score (nSPS) is 37.2. The summed E-state index contributed by atoms with van der Waals surface area (Å²) in [7, 11) is 0. The zero-order valence-electron chi connectivity index (χ0n) is 12.2. The van der Waals surface area contributed by atoms with E-state index in [9.17, 15) is 14.4 Å². The molecule has 3 fully saturated rings. The Balaban J connectivity index is 1.50. The first-order chi connectivity index (χ1) is 10.0. The first-order valence-electron chi connectivity index (χ1n) is 7.57. The van der Waals surface area contributed by atoms with Crippen molar-refractivity contribution in [1.82, 2.24) is 0 Å². The molecule has 6 unspecified atom stereocenters. The van der Waals surface area contributed by atoms with Crippen LogP contribution in [0.3, 0.4) is 0 Å². The lowest BCUT2D eigenvalue weighted by molar-refractivity contribution is -0.170. The van der Waals surface area contributed by atoms with Gasteiger partial charge < -0.3 is 14.2 Å². The highest BCUT2D eigenvalue weighted by atomic mass is 16.6. The molecule has 2 saturated carbocycles. The molecule has 0 amide bonds. The van der Waals surface area contributed by atoms with Crippen LogP contribution in [0, 0.1) is 23.7 Å². The van der Waals surface area contributed by atoms with E-state index in [4.69, 9.17) is 14.2 Å². The Morgan fingerprint density at radius 3 is 2.86 bits per heavy atom. The summed E-state index contributed by atoms with van der Waals surface area (Å²) in [5, 5.41) is 0. The Morgan fingerprint density at radius 1 is 1.38 bits per heavy atom. The summed E-state index contributed by atoms with van der Waals surface area (Å²) >= 11 is 0. The van der Waals surface area contributed by atoms with E-state index in [-0.39, 0.29) is 48.5 Å². The van der Waals surface area contributed by atoms with Crippen molar-refractivity contribution in [1.29, 1.82) is 0 Å². The van der Waals surface area contributed by atoms with Gasteiger partial charge in [-0.2, -0.15) is 0 Å². The van der Waals surface area contributed by atoms with Crippen molar-refractivity contribution in [3.8, 4) is 0 Å². The number of carbonyl (C=O) groups is 3. The number of fused-ring (bicyclic) bond motifs is 1. The maximum absolute atomic E-state index is 11.8. The van der Waals surface area contributed by atoms with Crippen LogP contribution in [0.5, 0.6) is 0 Å². The third-order valence-corrected chi connectivity index (χ3v) is 5.03. The molecule has 6 atom stereocenters. The minimum Gasteiger partial charge on any atom is -0.458 e. The number of hydrogen-bond acceptors (Lipinski definition) is 6. The molecule has 3 rings (SSSR count). The van der Waals surface area contributed by atoms with Crippen LogP contribution in [0.4, 0.5) is 0 Å². The number of esters is 3. The summed E-state index contributed by atoms with van der Waals surface area (Å²) in [6.45, 7) is 3.26. The predicted octanol–water partition coefficient (Wildman–Crippen LogP) is 1.07. The second-order valence-corrected chi connectivity index (χ2v) is 6.27. The van der Waals surface area contributed by atoms with Gasteiger partial charge in [0.05, 0.1) is 11.8 Å². The van der Waals surface area contributed by atoms with E-state index in [0.717, 1.165) is 12.8 Å². The molecule has 0 spiro atoms. The Kier molecular flexibility index (Phi) is 3.63. The van der Waals surface area contributed by atoms with Crippen LogP contribution in [-0.2, 0) is 28.6 Å². The lowest BCUT2D eigenvalue weighted by Crippen LogP contribution is -2.37. The molecular weight excluding hydrogens is 276 g/mol. The van der Waals surface area contributed by atoms with Crippen molar-refractivity contribution in [3.05, 3.63) is 0 Å². The minimum absolute atomic E-state index is 0.00168. The highest BCUT2D eigenvalue weighted by Gasteiger charge is 2.63. The topological polar surface area (TPSA) is 78.9 Å². The van der Waals surface area contributed by atoms with Crippen molar-refractivity contribution < 1.29 is 28.6 Å². The van der Waals surface area contributed by atoms with Crippen LogP contribution in [-0.4, -0.2) is 36.7 Å². The summed E-state index contributed by atoms with van der Waals surface area (Å²) in [4.78, 5) is 34.9. The summed E-state index contributed by atoms with van der Waals surface area (Å²) in [6, 6.07) is 0. The average Bonchev–Trinajstić information content (AvgIpc) is 3.08. The summed E-state index contributed by atoms with van der Waals surface area (Å²) in [6.07, 6.45) is 1.62. The summed E-state index contributed by atoms with van der Waals surface area (Å²) in [5.41, 5.74) is 0. The Morgan fingerprint density at radius 2 is 2.14 bits per heavy atom. The average molecular weight is 296 g/mol. The number of ether oxygens (including phenoxy) is 3. The monoisotopic (exact) mass is 296 g/mol. The zero-order chi connectivity index (χ0) is 15.1. The molecular formula is C15H20O6. The molecule has 6 heteroatoms. The van der Waals surface area contributed by atoms with Gasteiger partial charge in [0.2, 0.25) is 0 Å². The van der Waals surface area contributed by atoms with Gasteiger partial charge >= 0.3 is 17.9 Å². The maximum atomic E-state index is 11.8.